The number of para-hydroxylation sites is 1. The Bertz CT molecular complexity index is 1160. The van der Waals surface area contributed by atoms with Crippen LogP contribution in [0.15, 0.2) is 54.7 Å². The highest BCUT2D eigenvalue weighted by Crippen LogP contribution is 2.30. The van der Waals surface area contributed by atoms with Crippen LogP contribution in [-0.4, -0.2) is 39.9 Å². The number of anilines is 4. The van der Waals surface area contributed by atoms with Crippen molar-refractivity contribution in [2.24, 2.45) is 11.5 Å². The summed E-state index contributed by atoms with van der Waals surface area (Å²) in [6.45, 7) is 1.35. The standard InChI is InChI=1S/C23H24ClN7O2/c24-18-13-27-23(30-21(18)29-19-4-2-1-3-17(19)20(25)32)28-16-7-5-14(6-8-16)15-9-11-31(12-10-15)22(26)33/h1-8,13,15H,9-12H2,(H2,25,32)(H2,26,33)(H2,27,28,29,30). The highest BCUT2D eigenvalue weighted by Gasteiger charge is 2.22. The topological polar surface area (TPSA) is 139 Å². The molecule has 10 heteroatoms. The smallest absolute Gasteiger partial charge is 0.314 e. The summed E-state index contributed by atoms with van der Waals surface area (Å²) in [6.07, 6.45) is 3.25. The number of amides is 3. The maximum Gasteiger partial charge on any atom is 0.314 e. The summed E-state index contributed by atoms with van der Waals surface area (Å²) in [7, 11) is 0. The summed E-state index contributed by atoms with van der Waals surface area (Å²) in [4.78, 5) is 33.3. The van der Waals surface area contributed by atoms with Crippen molar-refractivity contribution in [3.05, 3.63) is 70.9 Å². The molecule has 1 aliphatic rings. The molecule has 0 radical (unpaired) electrons. The van der Waals surface area contributed by atoms with Gasteiger partial charge in [-0.2, -0.15) is 4.98 Å². The van der Waals surface area contributed by atoms with Gasteiger partial charge in [0, 0.05) is 18.8 Å². The average Bonchev–Trinajstić information content (AvgIpc) is 2.82. The SMILES string of the molecule is NC(=O)c1ccccc1Nc1nc(Nc2ccc(C3CCN(C(N)=O)CC3)cc2)ncc1Cl. The van der Waals surface area contributed by atoms with Gasteiger partial charge in [0.05, 0.1) is 17.4 Å². The first-order valence-electron chi connectivity index (χ1n) is 10.5. The Morgan fingerprint density at radius 2 is 1.70 bits per heavy atom. The number of halogens is 1. The molecule has 170 valence electrons. The van der Waals surface area contributed by atoms with Crippen molar-refractivity contribution in [1.82, 2.24) is 14.9 Å². The molecule has 9 nitrogen and oxygen atoms in total. The van der Waals surface area contributed by atoms with E-state index in [2.05, 4.69) is 32.7 Å². The number of carbonyl (C=O) groups excluding carboxylic acids is 2. The van der Waals surface area contributed by atoms with Crippen LogP contribution in [0.3, 0.4) is 0 Å². The number of hydrogen-bond donors (Lipinski definition) is 4. The lowest BCUT2D eigenvalue weighted by Gasteiger charge is -2.31. The van der Waals surface area contributed by atoms with E-state index in [0.29, 0.717) is 47.0 Å². The zero-order chi connectivity index (χ0) is 23.4. The molecule has 0 aliphatic carbocycles. The van der Waals surface area contributed by atoms with Crippen LogP contribution >= 0.6 is 11.6 Å². The first kappa shape index (κ1) is 22.3. The van der Waals surface area contributed by atoms with Crippen LogP contribution < -0.4 is 22.1 Å². The summed E-state index contributed by atoms with van der Waals surface area (Å²) < 4.78 is 0. The number of carbonyl (C=O) groups is 2. The summed E-state index contributed by atoms with van der Waals surface area (Å²) in [5.41, 5.74) is 13.7. The monoisotopic (exact) mass is 465 g/mol. The molecule has 1 saturated heterocycles. The Morgan fingerprint density at radius 3 is 2.36 bits per heavy atom. The molecule has 3 amide bonds. The number of hydrogen-bond acceptors (Lipinski definition) is 6. The van der Waals surface area contributed by atoms with E-state index in [0.717, 1.165) is 18.5 Å². The Morgan fingerprint density at radius 1 is 1.00 bits per heavy atom. The molecule has 1 aromatic heterocycles. The van der Waals surface area contributed by atoms with Crippen LogP contribution in [-0.2, 0) is 0 Å². The van der Waals surface area contributed by atoms with Crippen LogP contribution in [0, 0.1) is 0 Å². The number of nitrogens with two attached hydrogens (primary N) is 2. The van der Waals surface area contributed by atoms with E-state index in [-0.39, 0.29) is 6.03 Å². The van der Waals surface area contributed by atoms with Gasteiger partial charge in [0.1, 0.15) is 5.02 Å². The summed E-state index contributed by atoms with van der Waals surface area (Å²) >= 11 is 6.25. The number of piperidine rings is 1. The van der Waals surface area contributed by atoms with Crippen LogP contribution in [0.1, 0.15) is 34.7 Å². The van der Waals surface area contributed by atoms with E-state index in [4.69, 9.17) is 23.1 Å². The highest BCUT2D eigenvalue weighted by molar-refractivity contribution is 6.33. The third-order valence-electron chi connectivity index (χ3n) is 5.63. The van der Waals surface area contributed by atoms with Gasteiger partial charge in [0.2, 0.25) is 5.95 Å². The van der Waals surface area contributed by atoms with Crippen molar-refractivity contribution in [3.8, 4) is 0 Å². The van der Waals surface area contributed by atoms with Crippen LogP contribution in [0.5, 0.6) is 0 Å². The number of primary amides is 2. The molecule has 3 aromatic rings. The van der Waals surface area contributed by atoms with Crippen molar-refractivity contribution in [1.29, 1.82) is 0 Å². The molecule has 0 saturated carbocycles. The van der Waals surface area contributed by atoms with Crippen LogP contribution in [0.25, 0.3) is 0 Å². The van der Waals surface area contributed by atoms with Gasteiger partial charge < -0.3 is 27.0 Å². The molecule has 6 N–H and O–H groups in total. The van der Waals surface area contributed by atoms with Crippen LogP contribution in [0.2, 0.25) is 5.02 Å². The molecule has 4 rings (SSSR count). The first-order chi connectivity index (χ1) is 15.9. The number of nitrogens with zero attached hydrogens (tertiary/aromatic N) is 3. The Labute approximate surface area is 196 Å². The van der Waals surface area contributed by atoms with Crippen molar-refractivity contribution in [2.45, 2.75) is 18.8 Å². The number of urea groups is 1. The predicted molar refractivity (Wildman–Crippen MR) is 128 cm³/mol. The normalized spacial score (nSPS) is 14.0. The fraction of sp³-hybridized carbons (Fsp3) is 0.217. The van der Waals surface area contributed by atoms with Gasteiger partial charge in [-0.05, 0) is 48.6 Å². The quantitative estimate of drug-likeness (QED) is 0.434. The fourth-order valence-electron chi connectivity index (χ4n) is 3.85. The average molecular weight is 466 g/mol. The van der Waals surface area contributed by atoms with E-state index in [1.807, 2.05) is 12.1 Å². The summed E-state index contributed by atoms with van der Waals surface area (Å²) in [5.74, 6) is 0.534. The number of nitrogens with one attached hydrogen (secondary N) is 2. The van der Waals surface area contributed by atoms with Gasteiger partial charge in [0.15, 0.2) is 5.82 Å². The summed E-state index contributed by atoms with van der Waals surface area (Å²) in [5, 5.41) is 6.52. The minimum absolute atomic E-state index is 0.303. The van der Waals surface area contributed by atoms with Gasteiger partial charge in [-0.1, -0.05) is 35.9 Å². The molecule has 0 bridgehead atoms. The molecule has 1 aliphatic heterocycles. The lowest BCUT2D eigenvalue weighted by atomic mass is 9.89. The molecule has 0 unspecified atom stereocenters. The number of likely N-dealkylation sites (tertiary alicyclic amines) is 1. The van der Waals surface area contributed by atoms with Crippen molar-refractivity contribution in [2.75, 3.05) is 23.7 Å². The molecule has 0 spiro atoms. The van der Waals surface area contributed by atoms with Gasteiger partial charge in [-0.25, -0.2) is 9.78 Å². The van der Waals surface area contributed by atoms with Crippen molar-refractivity contribution < 1.29 is 9.59 Å². The van der Waals surface area contributed by atoms with Gasteiger partial charge >= 0.3 is 6.03 Å². The van der Waals surface area contributed by atoms with Gasteiger partial charge in [-0.3, -0.25) is 4.79 Å². The van der Waals surface area contributed by atoms with Gasteiger partial charge in [0.25, 0.3) is 5.91 Å². The molecule has 0 atom stereocenters. The van der Waals surface area contributed by atoms with E-state index in [1.54, 1.807) is 29.2 Å². The van der Waals surface area contributed by atoms with E-state index in [1.165, 1.54) is 11.8 Å². The lowest BCUT2D eigenvalue weighted by molar-refractivity contribution is 0.100. The maximum absolute atomic E-state index is 11.7. The third kappa shape index (κ3) is 5.32. The molecule has 2 aromatic carbocycles. The number of benzene rings is 2. The predicted octanol–water partition coefficient (Wildman–Crippen LogP) is 3.97. The van der Waals surface area contributed by atoms with E-state index >= 15 is 0 Å². The minimum atomic E-state index is -0.554. The molecular weight excluding hydrogens is 442 g/mol. The van der Waals surface area contributed by atoms with Gasteiger partial charge in [-0.15, -0.1) is 0 Å². The van der Waals surface area contributed by atoms with E-state index < -0.39 is 5.91 Å². The van der Waals surface area contributed by atoms with Crippen LogP contribution in [0.4, 0.5) is 27.9 Å². The largest absolute Gasteiger partial charge is 0.366 e. The molecule has 1 fully saturated rings. The Hall–Kier alpha value is -3.85. The minimum Gasteiger partial charge on any atom is -0.366 e. The lowest BCUT2D eigenvalue weighted by Crippen LogP contribution is -2.41. The third-order valence-corrected chi connectivity index (χ3v) is 5.91. The molecule has 33 heavy (non-hydrogen) atoms. The second-order valence-electron chi connectivity index (χ2n) is 7.77. The number of rotatable bonds is 6. The Balaban J connectivity index is 1.45. The van der Waals surface area contributed by atoms with Crippen molar-refractivity contribution in [3.63, 3.8) is 0 Å². The maximum atomic E-state index is 11.7. The zero-order valence-corrected chi connectivity index (χ0v) is 18.5. The second-order valence-corrected chi connectivity index (χ2v) is 8.18. The first-order valence-corrected chi connectivity index (χ1v) is 10.9. The summed E-state index contributed by atoms with van der Waals surface area (Å²) in [6, 6.07) is 14.5. The Kier molecular flexibility index (Phi) is 6.60. The molecule has 2 heterocycles. The zero-order valence-electron chi connectivity index (χ0n) is 17.8. The number of aromatic nitrogens is 2. The highest BCUT2D eigenvalue weighted by atomic mass is 35.5. The fourth-order valence-corrected chi connectivity index (χ4v) is 3.99. The van der Waals surface area contributed by atoms with E-state index in [9.17, 15) is 9.59 Å². The molecular formula is C23H24ClN7O2. The van der Waals surface area contributed by atoms with Crippen molar-refractivity contribution >= 4 is 46.7 Å². The second kappa shape index (κ2) is 9.74.